The Bertz CT molecular complexity index is 873. The van der Waals surface area contributed by atoms with Crippen molar-refractivity contribution >= 4 is 17.6 Å². The van der Waals surface area contributed by atoms with Gasteiger partial charge in [-0.2, -0.15) is 0 Å². The van der Waals surface area contributed by atoms with Crippen molar-refractivity contribution in [1.82, 2.24) is 5.16 Å². The summed E-state index contributed by atoms with van der Waals surface area (Å²) in [6, 6.07) is 13.7. The number of carbonyl (C=O) groups is 1. The van der Waals surface area contributed by atoms with Gasteiger partial charge in [-0.3, -0.25) is 4.79 Å². The van der Waals surface area contributed by atoms with Gasteiger partial charge in [-0.15, -0.1) is 0 Å². The highest BCUT2D eigenvalue weighted by atomic mass is 35.5. The van der Waals surface area contributed by atoms with E-state index in [1.807, 2.05) is 18.2 Å². The molecule has 0 amide bonds. The normalized spacial score (nSPS) is 11.9. The highest BCUT2D eigenvalue weighted by Gasteiger charge is 2.18. The van der Waals surface area contributed by atoms with Crippen molar-refractivity contribution in [3.05, 3.63) is 70.9 Å². The van der Waals surface area contributed by atoms with Crippen LogP contribution in [0, 0.1) is 0 Å². The fraction of sp³-hybridized carbons (Fsp3) is 0.158. The first-order chi connectivity index (χ1) is 12.0. The number of phenolic OH excluding ortho intramolecular Hbond substituents is 1. The lowest BCUT2D eigenvalue weighted by Crippen LogP contribution is -2.12. The molecule has 1 heterocycles. The van der Waals surface area contributed by atoms with Gasteiger partial charge < -0.3 is 14.4 Å². The summed E-state index contributed by atoms with van der Waals surface area (Å²) in [6.07, 6.45) is 0.983. The van der Waals surface area contributed by atoms with E-state index in [0.29, 0.717) is 16.3 Å². The largest absolute Gasteiger partial charge is 0.508 e. The molecule has 0 spiro atoms. The Morgan fingerprint density at radius 3 is 2.68 bits per heavy atom. The van der Waals surface area contributed by atoms with E-state index in [4.69, 9.17) is 20.9 Å². The SMILES string of the molecule is CC(OC(=O)Cc1conc1-c1ccc(O)cc1)c1ccccc1Cl. The Morgan fingerprint density at radius 1 is 1.24 bits per heavy atom. The van der Waals surface area contributed by atoms with Gasteiger partial charge in [-0.05, 0) is 37.3 Å². The minimum Gasteiger partial charge on any atom is -0.508 e. The van der Waals surface area contributed by atoms with Gasteiger partial charge in [0.2, 0.25) is 0 Å². The molecule has 1 aromatic heterocycles. The lowest BCUT2D eigenvalue weighted by Gasteiger charge is -2.14. The van der Waals surface area contributed by atoms with Gasteiger partial charge in [0.15, 0.2) is 0 Å². The second-order valence-electron chi connectivity index (χ2n) is 5.57. The molecule has 0 fully saturated rings. The van der Waals surface area contributed by atoms with E-state index in [1.54, 1.807) is 37.3 Å². The summed E-state index contributed by atoms with van der Waals surface area (Å²) in [5.41, 5.74) is 2.65. The maximum atomic E-state index is 12.3. The van der Waals surface area contributed by atoms with Crippen molar-refractivity contribution in [2.75, 3.05) is 0 Å². The number of aromatic hydroxyl groups is 1. The third-order valence-electron chi connectivity index (χ3n) is 3.77. The Morgan fingerprint density at radius 2 is 1.96 bits per heavy atom. The zero-order valence-corrected chi connectivity index (χ0v) is 14.2. The van der Waals surface area contributed by atoms with Crippen LogP contribution < -0.4 is 0 Å². The zero-order chi connectivity index (χ0) is 17.8. The molecule has 128 valence electrons. The zero-order valence-electron chi connectivity index (χ0n) is 13.5. The summed E-state index contributed by atoms with van der Waals surface area (Å²) in [5, 5.41) is 13.9. The third-order valence-corrected chi connectivity index (χ3v) is 4.11. The van der Waals surface area contributed by atoms with Crippen LogP contribution in [0.1, 0.15) is 24.2 Å². The van der Waals surface area contributed by atoms with E-state index in [9.17, 15) is 9.90 Å². The average Bonchev–Trinajstić information content (AvgIpc) is 3.03. The van der Waals surface area contributed by atoms with E-state index in [0.717, 1.165) is 11.1 Å². The van der Waals surface area contributed by atoms with Crippen molar-refractivity contribution in [2.45, 2.75) is 19.4 Å². The number of benzene rings is 2. The van der Waals surface area contributed by atoms with Crippen LogP contribution in [0.25, 0.3) is 11.3 Å². The molecule has 5 nitrogen and oxygen atoms in total. The number of esters is 1. The molecule has 2 aromatic carbocycles. The fourth-order valence-corrected chi connectivity index (χ4v) is 2.79. The first-order valence-electron chi connectivity index (χ1n) is 7.71. The van der Waals surface area contributed by atoms with Gasteiger partial charge >= 0.3 is 5.97 Å². The number of nitrogens with zero attached hydrogens (tertiary/aromatic N) is 1. The number of phenols is 1. The molecular weight excluding hydrogens is 342 g/mol. The van der Waals surface area contributed by atoms with Crippen LogP contribution in [0.5, 0.6) is 5.75 Å². The van der Waals surface area contributed by atoms with Gasteiger partial charge in [0.1, 0.15) is 23.8 Å². The van der Waals surface area contributed by atoms with Crippen LogP contribution in [0.15, 0.2) is 59.3 Å². The van der Waals surface area contributed by atoms with Crippen molar-refractivity contribution in [1.29, 1.82) is 0 Å². The van der Waals surface area contributed by atoms with Crippen molar-refractivity contribution in [3.8, 4) is 17.0 Å². The van der Waals surface area contributed by atoms with E-state index in [2.05, 4.69) is 5.16 Å². The molecule has 3 rings (SSSR count). The number of hydrogen-bond acceptors (Lipinski definition) is 5. The molecule has 0 aliphatic heterocycles. The van der Waals surface area contributed by atoms with Gasteiger partial charge in [0.05, 0.1) is 6.42 Å². The smallest absolute Gasteiger partial charge is 0.311 e. The van der Waals surface area contributed by atoms with E-state index in [-0.39, 0.29) is 12.2 Å². The Labute approximate surface area is 149 Å². The van der Waals surface area contributed by atoms with Crippen molar-refractivity contribution < 1.29 is 19.2 Å². The second-order valence-corrected chi connectivity index (χ2v) is 5.97. The number of aromatic nitrogens is 1. The summed E-state index contributed by atoms with van der Waals surface area (Å²) in [4.78, 5) is 12.3. The maximum Gasteiger partial charge on any atom is 0.311 e. The third kappa shape index (κ3) is 4.00. The molecule has 0 radical (unpaired) electrons. The van der Waals surface area contributed by atoms with Crippen LogP contribution in [0.2, 0.25) is 5.02 Å². The van der Waals surface area contributed by atoms with Crippen molar-refractivity contribution in [2.24, 2.45) is 0 Å². The van der Waals surface area contributed by atoms with Gasteiger partial charge in [-0.1, -0.05) is 35.0 Å². The summed E-state index contributed by atoms with van der Waals surface area (Å²) in [7, 11) is 0. The molecule has 25 heavy (non-hydrogen) atoms. The topological polar surface area (TPSA) is 72.6 Å². The summed E-state index contributed by atoms with van der Waals surface area (Å²) in [6.45, 7) is 1.77. The molecule has 0 saturated heterocycles. The predicted molar refractivity (Wildman–Crippen MR) is 93.3 cm³/mol. The molecule has 3 aromatic rings. The number of hydrogen-bond donors (Lipinski definition) is 1. The van der Waals surface area contributed by atoms with Crippen LogP contribution >= 0.6 is 11.6 Å². The number of ether oxygens (including phenoxy) is 1. The number of halogens is 1. The molecule has 0 bridgehead atoms. The first kappa shape index (κ1) is 17.0. The average molecular weight is 358 g/mol. The van der Waals surface area contributed by atoms with E-state index < -0.39 is 12.1 Å². The van der Waals surface area contributed by atoms with Crippen molar-refractivity contribution in [3.63, 3.8) is 0 Å². The Hall–Kier alpha value is -2.79. The molecule has 1 unspecified atom stereocenters. The monoisotopic (exact) mass is 357 g/mol. The molecule has 0 saturated carbocycles. The molecule has 6 heteroatoms. The number of carbonyl (C=O) groups excluding carboxylic acids is 1. The molecule has 0 aliphatic carbocycles. The summed E-state index contributed by atoms with van der Waals surface area (Å²) in [5.74, 6) is -0.252. The van der Waals surface area contributed by atoms with Gasteiger partial charge in [0, 0.05) is 21.7 Å². The standard InChI is InChI=1S/C19H16ClNO4/c1-12(16-4-2-3-5-17(16)20)25-18(23)10-14-11-24-21-19(14)13-6-8-15(22)9-7-13/h2-9,11-12,22H,10H2,1H3. The minimum atomic E-state index is -0.460. The van der Waals surface area contributed by atoms with E-state index >= 15 is 0 Å². The van der Waals surface area contributed by atoms with Crippen LogP contribution in [-0.4, -0.2) is 16.2 Å². The molecular formula is C19H16ClNO4. The second kappa shape index (κ2) is 7.40. The van der Waals surface area contributed by atoms with Crippen LogP contribution in [0.3, 0.4) is 0 Å². The van der Waals surface area contributed by atoms with Crippen LogP contribution in [0.4, 0.5) is 0 Å². The lowest BCUT2D eigenvalue weighted by molar-refractivity contribution is -0.147. The fourth-order valence-electron chi connectivity index (χ4n) is 2.50. The summed E-state index contributed by atoms with van der Waals surface area (Å²) >= 11 is 6.13. The number of rotatable bonds is 5. The Balaban J connectivity index is 1.71. The van der Waals surface area contributed by atoms with Gasteiger partial charge in [0.25, 0.3) is 0 Å². The quantitative estimate of drug-likeness (QED) is 0.678. The highest BCUT2D eigenvalue weighted by Crippen LogP contribution is 2.27. The predicted octanol–water partition coefficient (Wildman–Crippen LogP) is 4.55. The van der Waals surface area contributed by atoms with E-state index in [1.165, 1.54) is 6.26 Å². The Kier molecular flexibility index (Phi) is 5.05. The van der Waals surface area contributed by atoms with Gasteiger partial charge in [-0.25, -0.2) is 0 Å². The highest BCUT2D eigenvalue weighted by molar-refractivity contribution is 6.31. The molecule has 0 aliphatic rings. The maximum absolute atomic E-state index is 12.3. The van der Waals surface area contributed by atoms with Crippen LogP contribution in [-0.2, 0) is 16.0 Å². The molecule has 1 atom stereocenters. The minimum absolute atomic E-state index is 0.0223. The first-order valence-corrected chi connectivity index (χ1v) is 8.09. The lowest BCUT2D eigenvalue weighted by atomic mass is 10.1. The summed E-state index contributed by atoms with van der Waals surface area (Å²) < 4.78 is 10.5. The molecule has 1 N–H and O–H groups in total.